The lowest BCUT2D eigenvalue weighted by molar-refractivity contribution is 0.574. The molecular formula is C15H14BrF2N. The van der Waals surface area contributed by atoms with Crippen LogP contribution in [0.4, 0.5) is 8.78 Å². The van der Waals surface area contributed by atoms with Crippen molar-refractivity contribution >= 4 is 15.9 Å². The van der Waals surface area contributed by atoms with E-state index in [0.717, 1.165) is 15.6 Å². The molecule has 0 aromatic heterocycles. The Hall–Kier alpha value is -1.26. The Morgan fingerprint density at radius 2 is 1.84 bits per heavy atom. The van der Waals surface area contributed by atoms with Gasteiger partial charge in [-0.15, -0.1) is 0 Å². The quantitative estimate of drug-likeness (QED) is 0.887. The fourth-order valence-electron chi connectivity index (χ4n) is 2.02. The maximum Gasteiger partial charge on any atom is 0.124 e. The molecule has 100 valence electrons. The first-order valence-electron chi connectivity index (χ1n) is 5.97. The fraction of sp³-hybridized carbons (Fsp3) is 0.200. The lowest BCUT2D eigenvalue weighted by Crippen LogP contribution is -2.19. The van der Waals surface area contributed by atoms with Gasteiger partial charge in [-0.05, 0) is 48.9 Å². The van der Waals surface area contributed by atoms with Crippen molar-refractivity contribution in [2.45, 2.75) is 12.5 Å². The van der Waals surface area contributed by atoms with Gasteiger partial charge in [0.15, 0.2) is 0 Å². The predicted molar refractivity (Wildman–Crippen MR) is 76.0 cm³/mol. The second-order valence-corrected chi connectivity index (χ2v) is 5.19. The molecule has 0 fully saturated rings. The number of hydrogen-bond acceptors (Lipinski definition) is 1. The summed E-state index contributed by atoms with van der Waals surface area (Å²) in [6.07, 6.45) is 0.654. The fourth-order valence-corrected chi connectivity index (χ4v) is 2.53. The Labute approximate surface area is 119 Å². The SMILES string of the molecule is CNC(Cc1ccc(F)cc1Br)c1cccc(F)c1. The highest BCUT2D eigenvalue weighted by atomic mass is 79.9. The average molecular weight is 326 g/mol. The number of halogens is 3. The summed E-state index contributed by atoms with van der Waals surface area (Å²) in [5.41, 5.74) is 1.85. The molecule has 1 nitrogen and oxygen atoms in total. The highest BCUT2D eigenvalue weighted by Crippen LogP contribution is 2.24. The van der Waals surface area contributed by atoms with E-state index >= 15 is 0 Å². The van der Waals surface area contributed by atoms with Crippen LogP contribution in [0.1, 0.15) is 17.2 Å². The molecule has 1 unspecified atom stereocenters. The van der Waals surface area contributed by atoms with Crippen LogP contribution in [0.3, 0.4) is 0 Å². The van der Waals surface area contributed by atoms with Crippen LogP contribution in [0, 0.1) is 11.6 Å². The first-order chi connectivity index (χ1) is 9.10. The van der Waals surface area contributed by atoms with Crippen LogP contribution in [0.25, 0.3) is 0 Å². The minimum Gasteiger partial charge on any atom is -0.313 e. The average Bonchev–Trinajstić information content (AvgIpc) is 2.38. The van der Waals surface area contributed by atoms with Gasteiger partial charge in [-0.3, -0.25) is 0 Å². The highest BCUT2D eigenvalue weighted by Gasteiger charge is 2.13. The second kappa shape index (κ2) is 6.26. The van der Waals surface area contributed by atoms with Crippen molar-refractivity contribution in [1.82, 2.24) is 5.32 Å². The largest absolute Gasteiger partial charge is 0.313 e. The Bertz CT molecular complexity index is 572. The third kappa shape index (κ3) is 3.61. The van der Waals surface area contributed by atoms with Crippen molar-refractivity contribution < 1.29 is 8.78 Å². The Balaban J connectivity index is 2.24. The van der Waals surface area contributed by atoms with Crippen molar-refractivity contribution in [3.8, 4) is 0 Å². The summed E-state index contributed by atoms with van der Waals surface area (Å²) < 4.78 is 27.0. The first-order valence-corrected chi connectivity index (χ1v) is 6.76. The molecule has 0 aliphatic heterocycles. The Morgan fingerprint density at radius 3 is 2.47 bits per heavy atom. The van der Waals surface area contributed by atoms with Crippen molar-refractivity contribution in [2.75, 3.05) is 7.05 Å². The lowest BCUT2D eigenvalue weighted by Gasteiger charge is -2.17. The molecule has 19 heavy (non-hydrogen) atoms. The molecule has 0 amide bonds. The van der Waals surface area contributed by atoms with Crippen molar-refractivity contribution in [2.24, 2.45) is 0 Å². The van der Waals surface area contributed by atoms with Crippen molar-refractivity contribution in [3.05, 3.63) is 69.7 Å². The van der Waals surface area contributed by atoms with Crippen LogP contribution >= 0.6 is 15.9 Å². The summed E-state index contributed by atoms with van der Waals surface area (Å²) >= 11 is 3.35. The lowest BCUT2D eigenvalue weighted by atomic mass is 9.99. The zero-order chi connectivity index (χ0) is 13.8. The van der Waals surface area contributed by atoms with Crippen LogP contribution in [-0.2, 0) is 6.42 Å². The van der Waals surface area contributed by atoms with Gasteiger partial charge in [0, 0.05) is 10.5 Å². The van der Waals surface area contributed by atoms with Gasteiger partial charge in [-0.1, -0.05) is 34.1 Å². The topological polar surface area (TPSA) is 12.0 Å². The third-order valence-corrected chi connectivity index (χ3v) is 3.78. The number of likely N-dealkylation sites (N-methyl/N-ethyl adjacent to an activating group) is 1. The maximum atomic E-state index is 13.2. The molecule has 0 aliphatic rings. The van der Waals surface area contributed by atoms with Crippen LogP contribution in [0.5, 0.6) is 0 Å². The summed E-state index contributed by atoms with van der Waals surface area (Å²) in [5, 5.41) is 3.15. The molecule has 0 aliphatic carbocycles. The predicted octanol–water partition coefficient (Wildman–Crippen LogP) is 4.23. The van der Waals surface area contributed by atoms with E-state index < -0.39 is 0 Å². The summed E-state index contributed by atoms with van der Waals surface area (Å²) in [5.74, 6) is -0.529. The van der Waals surface area contributed by atoms with E-state index in [0.29, 0.717) is 6.42 Å². The molecular weight excluding hydrogens is 312 g/mol. The molecule has 0 saturated carbocycles. The summed E-state index contributed by atoms with van der Waals surface area (Å²) in [4.78, 5) is 0. The van der Waals surface area contributed by atoms with Crippen LogP contribution in [0.15, 0.2) is 46.9 Å². The summed E-state index contributed by atoms with van der Waals surface area (Å²) in [6, 6.07) is 11.1. The van der Waals surface area contributed by atoms with Gasteiger partial charge >= 0.3 is 0 Å². The molecule has 0 radical (unpaired) electrons. The zero-order valence-electron chi connectivity index (χ0n) is 10.5. The number of benzene rings is 2. The van der Waals surface area contributed by atoms with Gasteiger partial charge in [0.1, 0.15) is 11.6 Å². The van der Waals surface area contributed by atoms with Crippen LogP contribution in [0.2, 0.25) is 0 Å². The highest BCUT2D eigenvalue weighted by molar-refractivity contribution is 9.10. The number of rotatable bonds is 4. The minimum absolute atomic E-state index is 0.0162. The number of hydrogen-bond donors (Lipinski definition) is 1. The molecule has 0 bridgehead atoms. The van der Waals surface area contributed by atoms with E-state index in [2.05, 4.69) is 21.2 Å². The zero-order valence-corrected chi connectivity index (χ0v) is 12.0. The Morgan fingerprint density at radius 1 is 1.11 bits per heavy atom. The minimum atomic E-state index is -0.276. The van der Waals surface area contributed by atoms with E-state index in [9.17, 15) is 8.78 Å². The second-order valence-electron chi connectivity index (χ2n) is 4.34. The molecule has 0 saturated heterocycles. The molecule has 0 spiro atoms. The van der Waals surface area contributed by atoms with Gasteiger partial charge in [-0.25, -0.2) is 8.78 Å². The molecule has 2 aromatic carbocycles. The van der Waals surface area contributed by atoms with Gasteiger partial charge in [0.25, 0.3) is 0 Å². The monoisotopic (exact) mass is 325 g/mol. The summed E-state index contributed by atoms with van der Waals surface area (Å²) in [7, 11) is 1.83. The smallest absolute Gasteiger partial charge is 0.124 e. The number of nitrogens with one attached hydrogen (secondary N) is 1. The van der Waals surface area contributed by atoms with Gasteiger partial charge in [0.05, 0.1) is 0 Å². The summed E-state index contributed by atoms with van der Waals surface area (Å²) in [6.45, 7) is 0. The van der Waals surface area contributed by atoms with Crippen molar-refractivity contribution in [3.63, 3.8) is 0 Å². The van der Waals surface area contributed by atoms with Gasteiger partial charge < -0.3 is 5.32 Å². The van der Waals surface area contributed by atoms with E-state index in [-0.39, 0.29) is 17.7 Å². The Kier molecular flexibility index (Phi) is 4.66. The molecule has 0 heterocycles. The van der Waals surface area contributed by atoms with E-state index in [1.807, 2.05) is 13.1 Å². The molecule has 2 aromatic rings. The van der Waals surface area contributed by atoms with Crippen molar-refractivity contribution in [1.29, 1.82) is 0 Å². The normalized spacial score (nSPS) is 12.4. The van der Waals surface area contributed by atoms with Crippen LogP contribution < -0.4 is 5.32 Å². The van der Waals surface area contributed by atoms with E-state index in [1.54, 1.807) is 12.1 Å². The van der Waals surface area contributed by atoms with Gasteiger partial charge in [0.2, 0.25) is 0 Å². The van der Waals surface area contributed by atoms with E-state index in [1.165, 1.54) is 24.3 Å². The first kappa shape index (κ1) is 14.2. The maximum absolute atomic E-state index is 13.2. The molecule has 1 N–H and O–H groups in total. The van der Waals surface area contributed by atoms with Gasteiger partial charge in [-0.2, -0.15) is 0 Å². The van der Waals surface area contributed by atoms with Crippen LogP contribution in [-0.4, -0.2) is 7.05 Å². The third-order valence-electron chi connectivity index (χ3n) is 3.04. The standard InChI is InChI=1S/C15H14BrF2N/c1-19-15(11-3-2-4-12(17)7-11)8-10-5-6-13(18)9-14(10)16/h2-7,9,15,19H,8H2,1H3. The molecule has 4 heteroatoms. The molecule has 2 rings (SSSR count). The van der Waals surface area contributed by atoms with E-state index in [4.69, 9.17) is 0 Å². The molecule has 1 atom stereocenters.